The Morgan fingerprint density at radius 2 is 2.04 bits per heavy atom. The maximum absolute atomic E-state index is 14.5. The second-order valence-electron chi connectivity index (χ2n) is 8.73. The fourth-order valence-corrected chi connectivity index (χ4v) is 5.30. The van der Waals surface area contributed by atoms with Gasteiger partial charge in [0.05, 0.1) is 6.54 Å². The van der Waals surface area contributed by atoms with Gasteiger partial charge < -0.3 is 10.6 Å². The van der Waals surface area contributed by atoms with Crippen molar-refractivity contribution in [1.29, 1.82) is 0 Å². The summed E-state index contributed by atoms with van der Waals surface area (Å²) in [6.45, 7) is 3.80. The second kappa shape index (κ2) is 6.29. The van der Waals surface area contributed by atoms with E-state index < -0.39 is 15.8 Å². The lowest BCUT2D eigenvalue weighted by molar-refractivity contribution is 0.139. The summed E-state index contributed by atoms with van der Waals surface area (Å²) in [5.41, 5.74) is 9.24. The third-order valence-corrected chi connectivity index (χ3v) is 6.64. The first-order valence-electron chi connectivity index (χ1n) is 9.62. The number of nitrogens with zero attached hydrogens (tertiary/aromatic N) is 1. The third-order valence-electron chi connectivity index (χ3n) is 5.75. The van der Waals surface area contributed by atoms with E-state index in [1.165, 1.54) is 0 Å². The number of nitrogens with two attached hydrogens (primary N) is 1. The predicted molar refractivity (Wildman–Crippen MR) is 102 cm³/mol. The van der Waals surface area contributed by atoms with Crippen molar-refractivity contribution >= 4 is 16.2 Å². The highest BCUT2D eigenvalue weighted by molar-refractivity contribution is 7.86. The van der Waals surface area contributed by atoms with E-state index in [-0.39, 0.29) is 17.5 Å². The fourth-order valence-electron chi connectivity index (χ4n) is 4.55. The average Bonchev–Trinajstić information content (AvgIpc) is 3.35. The third kappa shape index (κ3) is 3.65. The summed E-state index contributed by atoms with van der Waals surface area (Å²) < 4.78 is 48.5. The Kier molecular flexibility index (Phi) is 4.40. The molecule has 2 aliphatic carbocycles. The minimum atomic E-state index is -4.35. The van der Waals surface area contributed by atoms with Crippen molar-refractivity contribution in [3.8, 4) is 0 Å². The van der Waals surface area contributed by atoms with Crippen molar-refractivity contribution in [3.63, 3.8) is 0 Å². The molecule has 7 heteroatoms. The second-order valence-corrected chi connectivity index (χ2v) is 10.1. The molecule has 0 amide bonds. The van der Waals surface area contributed by atoms with Gasteiger partial charge in [0.2, 0.25) is 0 Å². The summed E-state index contributed by atoms with van der Waals surface area (Å²) in [6.07, 6.45) is 6.38. The van der Waals surface area contributed by atoms with Crippen LogP contribution in [0, 0.1) is 5.92 Å². The monoisotopic (exact) mass is 394 g/mol. The number of alkyl halides is 1. The Balaban J connectivity index is 1.93. The number of benzene rings is 1. The first-order valence-corrected chi connectivity index (χ1v) is 11.1. The summed E-state index contributed by atoms with van der Waals surface area (Å²) in [5, 5.41) is 0. The zero-order valence-electron chi connectivity index (χ0n) is 15.8. The molecule has 5 nitrogen and oxygen atoms in total. The van der Waals surface area contributed by atoms with Crippen molar-refractivity contribution < 1.29 is 17.4 Å². The van der Waals surface area contributed by atoms with Gasteiger partial charge >= 0.3 is 0 Å². The molecule has 0 aromatic heterocycles. The molecule has 1 aromatic rings. The maximum atomic E-state index is 14.5. The molecule has 1 aliphatic heterocycles. The van der Waals surface area contributed by atoms with Crippen LogP contribution in [0.1, 0.15) is 67.8 Å². The number of allylic oxidation sites excluding steroid dienone is 1. The van der Waals surface area contributed by atoms with E-state index in [4.69, 9.17) is 5.73 Å². The topological polar surface area (TPSA) is 83.6 Å². The quantitative estimate of drug-likeness (QED) is 0.763. The molecular weight excluding hydrogens is 367 g/mol. The molecule has 0 radical (unpaired) electrons. The Hall–Kier alpha value is -1.44. The smallest absolute Gasteiger partial charge is 0.295 e. The largest absolute Gasteiger partial charge is 0.367 e. The van der Waals surface area contributed by atoms with Gasteiger partial charge in [0, 0.05) is 23.8 Å². The molecule has 27 heavy (non-hydrogen) atoms. The Bertz CT molecular complexity index is 914. The molecule has 0 bridgehead atoms. The molecule has 1 heterocycles. The molecule has 4 rings (SSSR count). The van der Waals surface area contributed by atoms with Crippen molar-refractivity contribution in [3.05, 3.63) is 34.0 Å². The van der Waals surface area contributed by atoms with E-state index in [1.54, 1.807) is 19.9 Å². The van der Waals surface area contributed by atoms with Gasteiger partial charge in [-0.2, -0.15) is 8.42 Å². The van der Waals surface area contributed by atoms with Gasteiger partial charge in [-0.05, 0) is 80.7 Å². The van der Waals surface area contributed by atoms with Gasteiger partial charge in [-0.15, -0.1) is 0 Å². The fraction of sp³-hybridized carbons (Fsp3) is 0.600. The molecule has 3 aliphatic rings. The minimum Gasteiger partial charge on any atom is -0.367 e. The van der Waals surface area contributed by atoms with Gasteiger partial charge in [-0.3, -0.25) is 4.55 Å². The average molecular weight is 395 g/mol. The Labute approximate surface area is 160 Å². The SMILES string of the molecule is CC(C)(F)CN1Cc2c(c(S(=O)(=O)O)cc3c2C(N)CCC3)C=C1C1CC1. The van der Waals surface area contributed by atoms with Crippen LogP contribution in [0.2, 0.25) is 0 Å². The van der Waals surface area contributed by atoms with Crippen molar-refractivity contribution in [2.24, 2.45) is 11.7 Å². The van der Waals surface area contributed by atoms with Crippen molar-refractivity contribution in [1.82, 2.24) is 4.90 Å². The molecule has 0 saturated heterocycles. The lowest BCUT2D eigenvalue weighted by Gasteiger charge is -2.38. The maximum Gasteiger partial charge on any atom is 0.295 e. The standard InChI is InChI=1S/C20H27FN2O3S/c1-20(2,21)11-23-10-15-14(9-17(23)12-6-7-12)18(27(24,25)26)8-13-4-3-5-16(22)19(13)15/h8-9,12,16H,3-7,10-11,22H2,1-2H3,(H,24,25,26). The molecule has 1 fully saturated rings. The Morgan fingerprint density at radius 3 is 2.63 bits per heavy atom. The van der Waals surface area contributed by atoms with Crippen LogP contribution in [0.15, 0.2) is 16.7 Å². The van der Waals surface area contributed by atoms with E-state index in [0.717, 1.165) is 54.5 Å². The van der Waals surface area contributed by atoms with E-state index in [1.807, 2.05) is 11.0 Å². The normalized spacial score (nSPS) is 22.9. The summed E-state index contributed by atoms with van der Waals surface area (Å²) in [6, 6.07) is 1.44. The van der Waals surface area contributed by atoms with Gasteiger partial charge in [-0.25, -0.2) is 4.39 Å². The van der Waals surface area contributed by atoms with Gasteiger partial charge in [0.25, 0.3) is 10.1 Å². The van der Waals surface area contributed by atoms with E-state index in [9.17, 15) is 17.4 Å². The van der Waals surface area contributed by atoms with Crippen LogP contribution in [0.25, 0.3) is 6.08 Å². The van der Waals surface area contributed by atoms with E-state index >= 15 is 0 Å². The molecular formula is C20H27FN2O3S. The zero-order chi connectivity index (χ0) is 19.6. The number of hydrogen-bond acceptors (Lipinski definition) is 4. The van der Waals surface area contributed by atoms with E-state index in [0.29, 0.717) is 18.0 Å². The molecule has 1 unspecified atom stereocenters. The summed E-state index contributed by atoms with van der Waals surface area (Å²) in [4.78, 5) is 2.00. The summed E-state index contributed by atoms with van der Waals surface area (Å²) >= 11 is 0. The number of halogens is 1. The van der Waals surface area contributed by atoms with Crippen LogP contribution in [0.3, 0.4) is 0 Å². The molecule has 3 N–H and O–H groups in total. The highest BCUT2D eigenvalue weighted by atomic mass is 32.2. The van der Waals surface area contributed by atoms with Crippen LogP contribution in [0.4, 0.5) is 4.39 Å². The molecule has 0 spiro atoms. The highest BCUT2D eigenvalue weighted by Gasteiger charge is 2.38. The lowest BCUT2D eigenvalue weighted by Crippen LogP contribution is -2.38. The van der Waals surface area contributed by atoms with Crippen LogP contribution < -0.4 is 5.73 Å². The minimum absolute atomic E-state index is 0.0392. The summed E-state index contributed by atoms with van der Waals surface area (Å²) in [5.74, 6) is 0.333. The van der Waals surface area contributed by atoms with Crippen LogP contribution >= 0.6 is 0 Å². The zero-order valence-corrected chi connectivity index (χ0v) is 16.7. The first kappa shape index (κ1) is 18.9. The number of aryl methyl sites for hydroxylation is 1. The van der Waals surface area contributed by atoms with Crippen LogP contribution in [0.5, 0.6) is 0 Å². The van der Waals surface area contributed by atoms with Gasteiger partial charge in [0.1, 0.15) is 10.6 Å². The van der Waals surface area contributed by atoms with Crippen molar-refractivity contribution in [2.75, 3.05) is 6.54 Å². The molecule has 1 aromatic carbocycles. The van der Waals surface area contributed by atoms with Gasteiger partial charge in [0.15, 0.2) is 0 Å². The summed E-state index contributed by atoms with van der Waals surface area (Å²) in [7, 11) is -4.35. The number of fused-ring (bicyclic) bond motifs is 3. The van der Waals surface area contributed by atoms with Crippen molar-refractivity contribution in [2.45, 2.75) is 69.1 Å². The lowest BCUT2D eigenvalue weighted by atomic mass is 9.81. The van der Waals surface area contributed by atoms with Crippen LogP contribution in [-0.2, 0) is 23.1 Å². The highest BCUT2D eigenvalue weighted by Crippen LogP contribution is 2.46. The molecule has 1 atom stereocenters. The molecule has 1 saturated carbocycles. The van der Waals surface area contributed by atoms with E-state index in [2.05, 4.69) is 0 Å². The van der Waals surface area contributed by atoms with Crippen LogP contribution in [-0.4, -0.2) is 30.1 Å². The first-order chi connectivity index (χ1) is 12.5. The van der Waals surface area contributed by atoms with Gasteiger partial charge in [-0.1, -0.05) is 0 Å². The Morgan fingerprint density at radius 1 is 1.33 bits per heavy atom. The molecule has 148 valence electrons. The number of rotatable bonds is 4. The number of hydrogen-bond donors (Lipinski definition) is 2. The predicted octanol–water partition coefficient (Wildman–Crippen LogP) is 3.58.